The predicted molar refractivity (Wildman–Crippen MR) is 98.5 cm³/mol. The van der Waals surface area contributed by atoms with Gasteiger partial charge in [-0.15, -0.1) is 0 Å². The van der Waals surface area contributed by atoms with Crippen molar-refractivity contribution in [2.45, 2.75) is 18.2 Å². The number of methoxy groups -OCH3 is 1. The lowest BCUT2D eigenvalue weighted by Gasteiger charge is -2.13. The molecule has 4 N–H and O–H groups in total. The van der Waals surface area contributed by atoms with E-state index in [0.717, 1.165) is 0 Å². The number of nitrogens with one attached hydrogen (secondary N) is 4. The molecule has 27 heavy (non-hydrogen) atoms. The largest absolute Gasteiger partial charge is 0.385 e. The molecule has 0 aliphatic carbocycles. The Labute approximate surface area is 155 Å². The standard InChI is InChI=1S/C16H20N4O6S/c1-10-13(15(22)19-16(23)18-10)27(24,25)20-12-7-4-3-6-11(12)14(21)17-8-5-9-26-2/h3-4,6-7,20H,5,8-9H2,1-2H3,(H,17,21)(H2,18,19,22,23). The summed E-state index contributed by atoms with van der Waals surface area (Å²) in [6.45, 7) is 2.12. The first kappa shape index (κ1) is 20.4. The van der Waals surface area contributed by atoms with E-state index in [1.54, 1.807) is 19.2 Å². The second-order valence-electron chi connectivity index (χ2n) is 5.62. The van der Waals surface area contributed by atoms with Gasteiger partial charge < -0.3 is 15.0 Å². The zero-order valence-electron chi connectivity index (χ0n) is 14.8. The van der Waals surface area contributed by atoms with Gasteiger partial charge in [0.25, 0.3) is 21.5 Å². The van der Waals surface area contributed by atoms with Gasteiger partial charge in [-0.3, -0.25) is 19.3 Å². The van der Waals surface area contributed by atoms with Crippen molar-refractivity contribution in [1.82, 2.24) is 15.3 Å². The average Bonchev–Trinajstić information content (AvgIpc) is 2.57. The Hall–Kier alpha value is -2.92. The van der Waals surface area contributed by atoms with Gasteiger partial charge >= 0.3 is 5.69 Å². The summed E-state index contributed by atoms with van der Waals surface area (Å²) in [5, 5.41) is 2.66. The van der Waals surface area contributed by atoms with Gasteiger partial charge in [0, 0.05) is 26.0 Å². The van der Waals surface area contributed by atoms with Crippen LogP contribution in [-0.2, 0) is 14.8 Å². The van der Waals surface area contributed by atoms with E-state index in [-0.39, 0.29) is 16.9 Å². The van der Waals surface area contributed by atoms with Crippen molar-refractivity contribution in [3.8, 4) is 0 Å². The Morgan fingerprint density at radius 3 is 2.56 bits per heavy atom. The number of aromatic amines is 2. The molecule has 0 bridgehead atoms. The van der Waals surface area contributed by atoms with E-state index in [0.29, 0.717) is 19.6 Å². The molecule has 0 radical (unpaired) electrons. The van der Waals surface area contributed by atoms with Crippen LogP contribution in [0.5, 0.6) is 0 Å². The van der Waals surface area contributed by atoms with E-state index in [1.165, 1.54) is 19.1 Å². The van der Waals surface area contributed by atoms with Gasteiger partial charge in [0.05, 0.1) is 11.3 Å². The van der Waals surface area contributed by atoms with Crippen LogP contribution in [0.1, 0.15) is 22.5 Å². The number of rotatable bonds is 8. The van der Waals surface area contributed by atoms with Crippen LogP contribution < -0.4 is 21.3 Å². The molecule has 11 heteroatoms. The summed E-state index contributed by atoms with van der Waals surface area (Å²) < 4.78 is 32.4. The van der Waals surface area contributed by atoms with Crippen LogP contribution in [0.3, 0.4) is 0 Å². The monoisotopic (exact) mass is 396 g/mol. The maximum atomic E-state index is 12.6. The first-order chi connectivity index (χ1) is 12.8. The summed E-state index contributed by atoms with van der Waals surface area (Å²) >= 11 is 0. The van der Waals surface area contributed by atoms with Crippen molar-refractivity contribution in [3.05, 3.63) is 56.4 Å². The first-order valence-corrected chi connectivity index (χ1v) is 9.46. The SMILES string of the molecule is COCCCNC(=O)c1ccccc1NS(=O)(=O)c1c(C)[nH]c(=O)[nH]c1=O. The highest BCUT2D eigenvalue weighted by atomic mass is 32.2. The fourth-order valence-electron chi connectivity index (χ4n) is 2.39. The lowest BCUT2D eigenvalue weighted by atomic mass is 10.1. The van der Waals surface area contributed by atoms with Crippen molar-refractivity contribution in [2.75, 3.05) is 25.0 Å². The van der Waals surface area contributed by atoms with Crippen LogP contribution in [0.4, 0.5) is 5.69 Å². The van der Waals surface area contributed by atoms with Crippen LogP contribution in [-0.4, -0.2) is 44.6 Å². The highest BCUT2D eigenvalue weighted by Crippen LogP contribution is 2.19. The second-order valence-corrected chi connectivity index (χ2v) is 7.23. The van der Waals surface area contributed by atoms with Gasteiger partial charge in [0.15, 0.2) is 4.90 Å². The van der Waals surface area contributed by atoms with Crippen molar-refractivity contribution in [3.63, 3.8) is 0 Å². The highest BCUT2D eigenvalue weighted by molar-refractivity contribution is 7.92. The lowest BCUT2D eigenvalue weighted by molar-refractivity contribution is 0.0949. The third-order valence-corrected chi connectivity index (χ3v) is 5.09. The van der Waals surface area contributed by atoms with Crippen molar-refractivity contribution < 1.29 is 17.9 Å². The Kier molecular flexibility index (Phi) is 6.53. The number of amides is 1. The zero-order chi connectivity index (χ0) is 20.0. The Morgan fingerprint density at radius 1 is 1.19 bits per heavy atom. The molecular formula is C16H20N4O6S. The minimum Gasteiger partial charge on any atom is -0.385 e. The smallest absolute Gasteiger partial charge is 0.325 e. The summed E-state index contributed by atoms with van der Waals surface area (Å²) in [5.41, 5.74) is -1.88. The van der Waals surface area contributed by atoms with Crippen molar-refractivity contribution in [1.29, 1.82) is 0 Å². The van der Waals surface area contributed by atoms with Crippen LogP contribution >= 0.6 is 0 Å². The van der Waals surface area contributed by atoms with E-state index in [9.17, 15) is 22.8 Å². The van der Waals surface area contributed by atoms with Gasteiger partial charge in [0.1, 0.15) is 0 Å². The summed E-state index contributed by atoms with van der Waals surface area (Å²) in [6, 6.07) is 5.98. The summed E-state index contributed by atoms with van der Waals surface area (Å²) in [4.78, 5) is 39.0. The van der Waals surface area contributed by atoms with Gasteiger partial charge in [0.2, 0.25) is 0 Å². The van der Waals surface area contributed by atoms with Gasteiger partial charge in [-0.25, -0.2) is 13.2 Å². The lowest BCUT2D eigenvalue weighted by Crippen LogP contribution is -2.32. The molecule has 0 saturated carbocycles. The molecule has 0 aliphatic rings. The van der Waals surface area contributed by atoms with E-state index < -0.39 is 32.1 Å². The summed E-state index contributed by atoms with van der Waals surface area (Å²) in [6.07, 6.45) is 0.599. The maximum absolute atomic E-state index is 12.6. The van der Waals surface area contributed by atoms with Crippen LogP contribution in [0.25, 0.3) is 0 Å². The maximum Gasteiger partial charge on any atom is 0.325 e. The van der Waals surface area contributed by atoms with E-state index in [4.69, 9.17) is 4.74 Å². The van der Waals surface area contributed by atoms with Gasteiger partial charge in [-0.2, -0.15) is 0 Å². The Balaban J connectivity index is 2.31. The van der Waals surface area contributed by atoms with Gasteiger partial charge in [-0.05, 0) is 25.5 Å². The van der Waals surface area contributed by atoms with Crippen LogP contribution in [0, 0.1) is 6.92 Å². The number of H-pyrrole nitrogens is 2. The molecule has 0 saturated heterocycles. The molecule has 10 nitrogen and oxygen atoms in total. The number of anilines is 1. The quantitative estimate of drug-likeness (QED) is 0.459. The number of ether oxygens (including phenoxy) is 1. The Bertz CT molecular complexity index is 1040. The molecule has 0 unspecified atom stereocenters. The molecule has 1 amide bonds. The number of aryl methyl sites for hydroxylation is 1. The number of benzene rings is 1. The summed E-state index contributed by atoms with van der Waals surface area (Å²) in [5.74, 6) is -0.475. The Morgan fingerprint density at radius 2 is 1.89 bits per heavy atom. The number of carbonyl (C=O) groups excluding carboxylic acids is 1. The summed E-state index contributed by atoms with van der Waals surface area (Å²) in [7, 11) is -2.79. The fourth-order valence-corrected chi connectivity index (χ4v) is 3.71. The molecule has 0 fully saturated rings. The molecule has 0 aliphatic heterocycles. The van der Waals surface area contributed by atoms with E-state index in [2.05, 4.69) is 15.0 Å². The predicted octanol–water partition coefficient (Wildman–Crippen LogP) is -0.0613. The van der Waals surface area contributed by atoms with Gasteiger partial charge in [-0.1, -0.05) is 12.1 Å². The molecule has 0 spiro atoms. The molecular weight excluding hydrogens is 376 g/mol. The molecule has 1 heterocycles. The molecule has 146 valence electrons. The number of para-hydroxylation sites is 1. The number of carbonyl (C=O) groups is 1. The van der Waals surface area contributed by atoms with E-state index >= 15 is 0 Å². The molecule has 0 atom stereocenters. The first-order valence-electron chi connectivity index (χ1n) is 7.98. The van der Waals surface area contributed by atoms with Crippen molar-refractivity contribution >= 4 is 21.6 Å². The topological polar surface area (TPSA) is 150 Å². The molecule has 2 rings (SSSR count). The normalized spacial score (nSPS) is 11.2. The number of aromatic nitrogens is 2. The number of hydrogen-bond acceptors (Lipinski definition) is 6. The molecule has 1 aromatic heterocycles. The molecule has 2 aromatic rings. The minimum absolute atomic E-state index is 0.00624. The molecule has 1 aromatic carbocycles. The third-order valence-electron chi connectivity index (χ3n) is 3.57. The fraction of sp³-hybridized carbons (Fsp3) is 0.312. The average molecular weight is 396 g/mol. The van der Waals surface area contributed by atoms with Crippen molar-refractivity contribution in [2.24, 2.45) is 0 Å². The zero-order valence-corrected chi connectivity index (χ0v) is 15.6. The highest BCUT2D eigenvalue weighted by Gasteiger charge is 2.24. The number of hydrogen-bond donors (Lipinski definition) is 4. The van der Waals surface area contributed by atoms with Crippen LogP contribution in [0.15, 0.2) is 38.8 Å². The minimum atomic E-state index is -4.34. The third kappa shape index (κ3) is 5.05. The van der Waals surface area contributed by atoms with Crippen LogP contribution in [0.2, 0.25) is 0 Å². The number of sulfonamides is 1. The second kappa shape index (κ2) is 8.64. The van der Waals surface area contributed by atoms with E-state index in [1.807, 2.05) is 4.98 Å².